The summed E-state index contributed by atoms with van der Waals surface area (Å²) < 4.78 is 31.2. The highest BCUT2D eigenvalue weighted by Gasteiger charge is 2.80. The van der Waals surface area contributed by atoms with Crippen molar-refractivity contribution in [1.82, 2.24) is 5.32 Å². The summed E-state index contributed by atoms with van der Waals surface area (Å²) in [5, 5.41) is 2.98. The Morgan fingerprint density at radius 2 is 2.33 bits per heavy atom. The molecule has 2 unspecified atom stereocenters. The van der Waals surface area contributed by atoms with Crippen molar-refractivity contribution >= 4 is 0 Å². The van der Waals surface area contributed by atoms with E-state index >= 15 is 0 Å². The maximum Gasteiger partial charge on any atom is 0.261 e. The zero-order valence-electron chi connectivity index (χ0n) is 7.07. The second-order valence-corrected chi connectivity index (χ2v) is 3.71. The zero-order chi connectivity index (χ0) is 8.82. The molecule has 1 N–H and O–H groups in total. The summed E-state index contributed by atoms with van der Waals surface area (Å²) in [4.78, 5) is 0. The molecule has 1 saturated carbocycles. The first-order chi connectivity index (χ1) is 5.65. The van der Waals surface area contributed by atoms with Gasteiger partial charge in [-0.15, -0.1) is 0 Å². The second kappa shape index (κ2) is 2.39. The molecular formula is C8H13F2NO. The Kier molecular flexibility index (Phi) is 1.67. The van der Waals surface area contributed by atoms with Crippen LogP contribution in [0.15, 0.2) is 0 Å². The molecule has 2 aliphatic rings. The lowest BCUT2D eigenvalue weighted by atomic mass is 10.0. The number of methoxy groups -OCH3 is 1. The van der Waals surface area contributed by atoms with Gasteiger partial charge in [0.05, 0.1) is 17.9 Å². The highest BCUT2D eigenvalue weighted by Crippen LogP contribution is 2.68. The molecule has 0 aromatic rings. The van der Waals surface area contributed by atoms with Gasteiger partial charge in [0.2, 0.25) is 0 Å². The number of hydrogen-bond acceptors (Lipinski definition) is 2. The van der Waals surface area contributed by atoms with Gasteiger partial charge >= 0.3 is 0 Å². The van der Waals surface area contributed by atoms with E-state index in [4.69, 9.17) is 4.74 Å². The van der Waals surface area contributed by atoms with Crippen LogP contribution in [0.2, 0.25) is 0 Å². The molecule has 1 heterocycles. The molecule has 0 aromatic heterocycles. The second-order valence-electron chi connectivity index (χ2n) is 3.71. The summed E-state index contributed by atoms with van der Waals surface area (Å²) in [6.45, 7) is 1.36. The SMILES string of the molecule is COCC1C(F)(F)C12CCNC2. The van der Waals surface area contributed by atoms with Crippen LogP contribution < -0.4 is 5.32 Å². The van der Waals surface area contributed by atoms with Crippen LogP contribution in [-0.2, 0) is 4.74 Å². The highest BCUT2D eigenvalue weighted by atomic mass is 19.3. The maximum absolute atomic E-state index is 13.2. The summed E-state index contributed by atoms with van der Waals surface area (Å²) in [7, 11) is 1.48. The summed E-state index contributed by atoms with van der Waals surface area (Å²) in [5.74, 6) is -3.04. The number of hydrogen-bond donors (Lipinski definition) is 1. The number of nitrogens with one attached hydrogen (secondary N) is 1. The molecule has 0 radical (unpaired) electrons. The van der Waals surface area contributed by atoms with Crippen molar-refractivity contribution in [3.8, 4) is 0 Å². The monoisotopic (exact) mass is 177 g/mol. The van der Waals surface area contributed by atoms with Gasteiger partial charge in [0, 0.05) is 13.7 Å². The molecule has 4 heteroatoms. The molecule has 2 rings (SSSR count). The third-order valence-corrected chi connectivity index (χ3v) is 3.21. The van der Waals surface area contributed by atoms with Crippen LogP contribution in [0.1, 0.15) is 6.42 Å². The van der Waals surface area contributed by atoms with E-state index in [0.717, 1.165) is 6.54 Å². The van der Waals surface area contributed by atoms with Gasteiger partial charge in [-0.2, -0.15) is 0 Å². The van der Waals surface area contributed by atoms with Gasteiger partial charge in [-0.1, -0.05) is 0 Å². The van der Waals surface area contributed by atoms with Gasteiger partial charge in [0.25, 0.3) is 5.92 Å². The summed E-state index contributed by atoms with van der Waals surface area (Å²) in [6, 6.07) is 0. The first-order valence-corrected chi connectivity index (χ1v) is 4.22. The van der Waals surface area contributed by atoms with Crippen molar-refractivity contribution in [3.63, 3.8) is 0 Å². The van der Waals surface area contributed by atoms with Gasteiger partial charge in [0.1, 0.15) is 0 Å². The van der Waals surface area contributed by atoms with Gasteiger partial charge in [-0.25, -0.2) is 8.78 Å². The molecule has 1 aliphatic heterocycles. The lowest BCUT2D eigenvalue weighted by molar-refractivity contribution is 0.0510. The van der Waals surface area contributed by atoms with Crippen LogP contribution >= 0.6 is 0 Å². The standard InChI is InChI=1S/C8H13F2NO/c1-12-4-6-7(8(6,9)10)2-3-11-5-7/h6,11H,2-5H2,1H3. The first-order valence-electron chi connectivity index (χ1n) is 4.22. The van der Waals surface area contributed by atoms with Gasteiger partial charge < -0.3 is 10.1 Å². The molecule has 12 heavy (non-hydrogen) atoms. The van der Waals surface area contributed by atoms with E-state index in [9.17, 15) is 8.78 Å². The minimum atomic E-state index is -2.49. The van der Waals surface area contributed by atoms with Crippen LogP contribution in [0, 0.1) is 11.3 Å². The lowest BCUT2D eigenvalue weighted by Gasteiger charge is -2.03. The van der Waals surface area contributed by atoms with Crippen LogP contribution in [0.25, 0.3) is 0 Å². The normalized spacial score (nSPS) is 43.8. The minimum absolute atomic E-state index is 0.189. The fourth-order valence-electron chi connectivity index (χ4n) is 2.32. The minimum Gasteiger partial charge on any atom is -0.384 e. The van der Waals surface area contributed by atoms with Gasteiger partial charge in [-0.3, -0.25) is 0 Å². The van der Waals surface area contributed by atoms with Crippen LogP contribution in [0.5, 0.6) is 0 Å². The van der Waals surface area contributed by atoms with Crippen LogP contribution in [-0.4, -0.2) is 32.7 Å². The van der Waals surface area contributed by atoms with E-state index in [0.29, 0.717) is 13.0 Å². The van der Waals surface area contributed by atoms with Crippen molar-refractivity contribution in [2.45, 2.75) is 12.3 Å². The third-order valence-electron chi connectivity index (χ3n) is 3.21. The van der Waals surface area contributed by atoms with Crippen molar-refractivity contribution in [2.75, 3.05) is 26.8 Å². The van der Waals surface area contributed by atoms with E-state index in [2.05, 4.69) is 5.32 Å². The number of alkyl halides is 2. The average Bonchev–Trinajstić information content (AvgIpc) is 2.46. The quantitative estimate of drug-likeness (QED) is 0.676. The summed E-state index contributed by atoms with van der Waals surface area (Å²) in [6.07, 6.45) is 0.591. The topological polar surface area (TPSA) is 21.3 Å². The molecule has 0 aromatic carbocycles. The first kappa shape index (κ1) is 8.38. The van der Waals surface area contributed by atoms with Crippen LogP contribution in [0.4, 0.5) is 8.78 Å². The Morgan fingerprint density at radius 3 is 2.83 bits per heavy atom. The summed E-state index contributed by atoms with van der Waals surface area (Å²) in [5.41, 5.74) is -0.761. The predicted octanol–water partition coefficient (Wildman–Crippen LogP) is 0.878. The zero-order valence-corrected chi connectivity index (χ0v) is 7.07. The Hall–Kier alpha value is -0.220. The smallest absolute Gasteiger partial charge is 0.261 e. The van der Waals surface area contributed by atoms with E-state index < -0.39 is 17.3 Å². The third kappa shape index (κ3) is 0.796. The molecule has 0 bridgehead atoms. The molecule has 1 saturated heterocycles. The Balaban J connectivity index is 2.08. The largest absolute Gasteiger partial charge is 0.384 e. The number of halogens is 2. The average molecular weight is 177 g/mol. The molecule has 70 valence electrons. The van der Waals surface area contributed by atoms with Crippen molar-refractivity contribution in [3.05, 3.63) is 0 Å². The van der Waals surface area contributed by atoms with E-state index in [-0.39, 0.29) is 6.61 Å². The Bertz CT molecular complexity index is 189. The predicted molar refractivity (Wildman–Crippen MR) is 40.2 cm³/mol. The molecule has 2 nitrogen and oxygen atoms in total. The molecular weight excluding hydrogens is 164 g/mol. The van der Waals surface area contributed by atoms with Crippen molar-refractivity contribution in [2.24, 2.45) is 11.3 Å². The van der Waals surface area contributed by atoms with Gasteiger partial charge in [-0.05, 0) is 13.0 Å². The van der Waals surface area contributed by atoms with E-state index in [1.165, 1.54) is 7.11 Å². The fourth-order valence-corrected chi connectivity index (χ4v) is 2.32. The molecule has 0 amide bonds. The molecule has 1 aliphatic carbocycles. The Morgan fingerprint density at radius 1 is 1.58 bits per heavy atom. The maximum atomic E-state index is 13.2. The number of rotatable bonds is 2. The number of ether oxygens (including phenoxy) is 1. The van der Waals surface area contributed by atoms with Gasteiger partial charge in [0.15, 0.2) is 0 Å². The van der Waals surface area contributed by atoms with Crippen LogP contribution in [0.3, 0.4) is 0 Å². The molecule has 2 fully saturated rings. The summed E-state index contributed by atoms with van der Waals surface area (Å²) >= 11 is 0. The highest BCUT2D eigenvalue weighted by molar-refractivity contribution is 5.20. The van der Waals surface area contributed by atoms with E-state index in [1.807, 2.05) is 0 Å². The molecule has 1 spiro atoms. The van der Waals surface area contributed by atoms with Crippen molar-refractivity contribution in [1.29, 1.82) is 0 Å². The van der Waals surface area contributed by atoms with E-state index in [1.54, 1.807) is 0 Å². The Labute approximate surface area is 70.3 Å². The van der Waals surface area contributed by atoms with Crippen molar-refractivity contribution < 1.29 is 13.5 Å². The lowest BCUT2D eigenvalue weighted by Crippen LogP contribution is -2.15. The fraction of sp³-hybridized carbons (Fsp3) is 1.00. The molecule has 2 atom stereocenters.